The zero-order valence-corrected chi connectivity index (χ0v) is 11.0. The van der Waals surface area contributed by atoms with Gasteiger partial charge < -0.3 is 0 Å². The van der Waals surface area contributed by atoms with Crippen LogP contribution in [0.5, 0.6) is 0 Å². The van der Waals surface area contributed by atoms with Gasteiger partial charge in [0.2, 0.25) is 0 Å². The average Bonchev–Trinajstić information content (AvgIpc) is 2.21. The van der Waals surface area contributed by atoms with Crippen LogP contribution in [0.25, 0.3) is 0 Å². The van der Waals surface area contributed by atoms with Gasteiger partial charge in [0.15, 0.2) is 0 Å². The highest BCUT2D eigenvalue weighted by Crippen LogP contribution is 2.46. The number of halogens is 2. The van der Waals surface area contributed by atoms with Crippen molar-refractivity contribution >= 4 is 15.9 Å². The van der Waals surface area contributed by atoms with Gasteiger partial charge in [-0.3, -0.25) is 0 Å². The van der Waals surface area contributed by atoms with Crippen LogP contribution >= 0.6 is 15.9 Å². The lowest BCUT2D eigenvalue weighted by molar-refractivity contribution is 0.321. The Morgan fingerprint density at radius 2 is 2.00 bits per heavy atom. The highest BCUT2D eigenvalue weighted by Gasteiger charge is 2.40. The van der Waals surface area contributed by atoms with E-state index in [9.17, 15) is 9.65 Å². The Balaban J connectivity index is 2.63. The van der Waals surface area contributed by atoms with E-state index in [1.54, 1.807) is 6.92 Å². The van der Waals surface area contributed by atoms with Gasteiger partial charge in [0.1, 0.15) is 5.82 Å². The van der Waals surface area contributed by atoms with Crippen LogP contribution in [0.1, 0.15) is 36.0 Å². The summed E-state index contributed by atoms with van der Waals surface area (Å²) in [6.45, 7) is 3.69. The molecule has 0 spiro atoms. The smallest absolute Gasteiger partial charge is 0.127 e. The normalized spacial score (nSPS) is 17.7. The third kappa shape index (κ3) is 1.48. The summed E-state index contributed by atoms with van der Waals surface area (Å²) in [4.78, 5) is 0. The predicted molar refractivity (Wildman–Crippen MR) is 64.7 cm³/mol. The Kier molecular flexibility index (Phi) is 2.79. The summed E-state index contributed by atoms with van der Waals surface area (Å²) in [5.74, 6) is -0.228. The Hall–Kier alpha value is -0.880. The monoisotopic (exact) mass is 281 g/mol. The molecule has 0 aromatic heterocycles. The SMILES string of the molecule is Cc1c(F)cc(C2(C#N)CCC2)c(C)c1Br. The fraction of sp³-hybridized carbons (Fsp3) is 0.462. The third-order valence-electron chi connectivity index (χ3n) is 3.63. The maximum atomic E-state index is 13.7. The van der Waals surface area contributed by atoms with Gasteiger partial charge in [0.05, 0.1) is 11.5 Å². The topological polar surface area (TPSA) is 23.8 Å². The van der Waals surface area contributed by atoms with Crippen molar-refractivity contribution in [1.29, 1.82) is 5.26 Å². The molecule has 0 heterocycles. The van der Waals surface area contributed by atoms with E-state index in [2.05, 4.69) is 22.0 Å². The minimum atomic E-state index is -0.443. The molecule has 3 heteroatoms. The molecule has 1 saturated carbocycles. The second kappa shape index (κ2) is 3.85. The van der Waals surface area contributed by atoms with Crippen LogP contribution in [-0.4, -0.2) is 0 Å². The van der Waals surface area contributed by atoms with Crippen molar-refractivity contribution in [2.45, 2.75) is 38.5 Å². The fourth-order valence-electron chi connectivity index (χ4n) is 2.32. The molecule has 2 rings (SSSR count). The zero-order chi connectivity index (χ0) is 11.9. The first-order valence-electron chi connectivity index (χ1n) is 5.39. The molecule has 16 heavy (non-hydrogen) atoms. The van der Waals surface area contributed by atoms with Crippen LogP contribution in [0, 0.1) is 31.0 Å². The number of hydrogen-bond donors (Lipinski definition) is 0. The maximum Gasteiger partial charge on any atom is 0.127 e. The van der Waals surface area contributed by atoms with Crippen molar-refractivity contribution < 1.29 is 4.39 Å². The highest BCUT2D eigenvalue weighted by molar-refractivity contribution is 9.10. The van der Waals surface area contributed by atoms with Crippen molar-refractivity contribution in [2.75, 3.05) is 0 Å². The molecule has 1 aromatic carbocycles. The van der Waals surface area contributed by atoms with E-state index in [1.165, 1.54) is 6.07 Å². The molecule has 1 fully saturated rings. The molecule has 84 valence electrons. The summed E-state index contributed by atoms with van der Waals surface area (Å²) in [5.41, 5.74) is 2.03. The largest absolute Gasteiger partial charge is 0.207 e. The molecule has 1 nitrogen and oxygen atoms in total. The molecule has 0 atom stereocenters. The van der Waals surface area contributed by atoms with Crippen LogP contribution < -0.4 is 0 Å². The molecule has 0 radical (unpaired) electrons. The second-order valence-electron chi connectivity index (χ2n) is 4.52. The molecule has 0 amide bonds. The molecule has 0 unspecified atom stereocenters. The van der Waals surface area contributed by atoms with Crippen molar-refractivity contribution in [3.63, 3.8) is 0 Å². The van der Waals surface area contributed by atoms with Gasteiger partial charge in [0.25, 0.3) is 0 Å². The lowest BCUT2D eigenvalue weighted by Gasteiger charge is -2.37. The molecule has 1 aromatic rings. The first-order chi connectivity index (χ1) is 7.52. The van der Waals surface area contributed by atoms with E-state index in [1.807, 2.05) is 6.92 Å². The molecule has 0 saturated heterocycles. The Labute approximate surface area is 103 Å². The van der Waals surface area contributed by atoms with E-state index in [4.69, 9.17) is 0 Å². The van der Waals surface area contributed by atoms with Gasteiger partial charge in [-0.15, -0.1) is 0 Å². The first-order valence-corrected chi connectivity index (χ1v) is 6.18. The minimum Gasteiger partial charge on any atom is -0.207 e. The number of nitriles is 1. The number of rotatable bonds is 1. The van der Waals surface area contributed by atoms with Gasteiger partial charge in [-0.1, -0.05) is 15.9 Å². The van der Waals surface area contributed by atoms with Crippen LogP contribution in [0.3, 0.4) is 0 Å². The molecular weight excluding hydrogens is 269 g/mol. The van der Waals surface area contributed by atoms with Crippen molar-refractivity contribution in [3.8, 4) is 6.07 Å². The van der Waals surface area contributed by atoms with Crippen LogP contribution in [0.4, 0.5) is 4.39 Å². The lowest BCUT2D eigenvalue weighted by Crippen LogP contribution is -2.33. The summed E-state index contributed by atoms with van der Waals surface area (Å²) in [6.07, 6.45) is 2.75. The average molecular weight is 282 g/mol. The zero-order valence-electron chi connectivity index (χ0n) is 9.40. The molecule has 0 bridgehead atoms. The molecule has 1 aliphatic carbocycles. The minimum absolute atomic E-state index is 0.228. The lowest BCUT2D eigenvalue weighted by atomic mass is 9.64. The second-order valence-corrected chi connectivity index (χ2v) is 5.31. The predicted octanol–water partition coefficient (Wildman–Crippen LogP) is 4.15. The number of benzene rings is 1. The van der Waals surface area contributed by atoms with Crippen molar-refractivity contribution in [2.24, 2.45) is 0 Å². The molecular formula is C13H13BrFN. The van der Waals surface area contributed by atoms with E-state index in [0.717, 1.165) is 34.9 Å². The maximum absolute atomic E-state index is 13.7. The summed E-state index contributed by atoms with van der Waals surface area (Å²) >= 11 is 3.41. The summed E-state index contributed by atoms with van der Waals surface area (Å²) in [6, 6.07) is 3.90. The number of nitrogens with zero attached hydrogens (tertiary/aromatic N) is 1. The Morgan fingerprint density at radius 1 is 1.38 bits per heavy atom. The highest BCUT2D eigenvalue weighted by atomic mass is 79.9. The molecule has 0 N–H and O–H groups in total. The van der Waals surface area contributed by atoms with Gasteiger partial charge in [0, 0.05) is 4.47 Å². The molecule has 0 aliphatic heterocycles. The Morgan fingerprint density at radius 3 is 2.44 bits per heavy atom. The summed E-state index contributed by atoms with van der Waals surface area (Å²) in [5, 5.41) is 9.28. The van der Waals surface area contributed by atoms with Crippen LogP contribution in [0.15, 0.2) is 10.5 Å². The quantitative estimate of drug-likeness (QED) is 0.759. The first kappa shape index (κ1) is 11.6. The van der Waals surface area contributed by atoms with Gasteiger partial charge in [-0.05, 0) is 55.9 Å². The van der Waals surface area contributed by atoms with Gasteiger partial charge in [-0.25, -0.2) is 4.39 Å². The summed E-state index contributed by atoms with van der Waals surface area (Å²) in [7, 11) is 0. The fourth-order valence-corrected chi connectivity index (χ4v) is 2.72. The third-order valence-corrected chi connectivity index (χ3v) is 4.82. The van der Waals surface area contributed by atoms with E-state index in [0.29, 0.717) is 5.56 Å². The summed E-state index contributed by atoms with van der Waals surface area (Å²) < 4.78 is 14.5. The number of hydrogen-bond acceptors (Lipinski definition) is 1. The van der Waals surface area contributed by atoms with Crippen molar-refractivity contribution in [1.82, 2.24) is 0 Å². The van der Waals surface area contributed by atoms with E-state index >= 15 is 0 Å². The van der Waals surface area contributed by atoms with Crippen LogP contribution in [0.2, 0.25) is 0 Å². The van der Waals surface area contributed by atoms with Gasteiger partial charge >= 0.3 is 0 Å². The standard InChI is InChI=1S/C13H13BrFN/c1-8-10(13(7-16)4-3-5-13)6-11(15)9(2)12(8)14/h6H,3-5H2,1-2H3. The Bertz CT molecular complexity index is 484. The van der Waals surface area contributed by atoms with E-state index in [-0.39, 0.29) is 5.82 Å². The van der Waals surface area contributed by atoms with Crippen molar-refractivity contribution in [3.05, 3.63) is 33.0 Å². The van der Waals surface area contributed by atoms with E-state index < -0.39 is 5.41 Å². The molecule has 1 aliphatic rings. The van der Waals surface area contributed by atoms with Crippen LogP contribution in [-0.2, 0) is 5.41 Å². The van der Waals surface area contributed by atoms with Gasteiger partial charge in [-0.2, -0.15) is 5.26 Å².